The van der Waals surface area contributed by atoms with E-state index in [0.717, 1.165) is 18.7 Å². The van der Waals surface area contributed by atoms with Gasteiger partial charge >= 0.3 is 5.97 Å². The number of carboxylic acid groups (broad SMARTS) is 1. The van der Waals surface area contributed by atoms with Gasteiger partial charge in [-0.15, -0.1) is 0 Å². The molecule has 0 saturated carbocycles. The maximum atomic E-state index is 11.2. The van der Waals surface area contributed by atoms with Gasteiger partial charge in [0.05, 0.1) is 5.92 Å². The van der Waals surface area contributed by atoms with Gasteiger partial charge < -0.3 is 15.1 Å². The van der Waals surface area contributed by atoms with E-state index in [2.05, 4.69) is 4.90 Å². The molecule has 0 aromatic heterocycles. The quantitative estimate of drug-likeness (QED) is 0.833. The number of hydrogen-bond acceptors (Lipinski definition) is 3. The minimum Gasteiger partial charge on any atom is -0.508 e. The molecular formula is C13H17NO3. The van der Waals surface area contributed by atoms with Gasteiger partial charge in [0.1, 0.15) is 5.75 Å². The van der Waals surface area contributed by atoms with Crippen LogP contribution in [-0.2, 0) is 4.79 Å². The normalized spacial score (nSPS) is 25.0. The molecule has 17 heavy (non-hydrogen) atoms. The summed E-state index contributed by atoms with van der Waals surface area (Å²) in [7, 11) is 0. The summed E-state index contributed by atoms with van der Waals surface area (Å²) >= 11 is 0. The second-order valence-corrected chi connectivity index (χ2v) is 4.49. The predicted molar refractivity (Wildman–Crippen MR) is 64.1 cm³/mol. The molecule has 1 aliphatic rings. The summed E-state index contributed by atoms with van der Waals surface area (Å²) in [5.74, 6) is -0.850. The fourth-order valence-corrected chi connectivity index (χ4v) is 2.45. The zero-order valence-corrected chi connectivity index (χ0v) is 9.84. The third-order valence-electron chi connectivity index (χ3n) is 3.48. The number of likely N-dealkylation sites (tertiary alicyclic amines) is 1. The van der Waals surface area contributed by atoms with Gasteiger partial charge in [-0.05, 0) is 24.2 Å². The van der Waals surface area contributed by atoms with Crippen LogP contribution in [0.3, 0.4) is 0 Å². The van der Waals surface area contributed by atoms with Crippen LogP contribution >= 0.6 is 0 Å². The molecule has 4 nitrogen and oxygen atoms in total. The number of carboxylic acids is 1. The second-order valence-electron chi connectivity index (χ2n) is 4.49. The zero-order chi connectivity index (χ0) is 12.4. The lowest BCUT2D eigenvalue weighted by atomic mass is 9.89. The number of carbonyl (C=O) groups is 1. The van der Waals surface area contributed by atoms with Crippen LogP contribution in [0.25, 0.3) is 0 Å². The van der Waals surface area contributed by atoms with E-state index in [-0.39, 0.29) is 17.6 Å². The number of nitrogens with zero attached hydrogens (tertiary/aromatic N) is 1. The predicted octanol–water partition coefficient (Wildman–Crippen LogP) is 1.51. The third kappa shape index (κ3) is 2.42. The molecule has 0 radical (unpaired) electrons. The van der Waals surface area contributed by atoms with Crippen LogP contribution in [0, 0.1) is 5.92 Å². The number of benzene rings is 1. The Morgan fingerprint density at radius 2 is 2.00 bits per heavy atom. The summed E-state index contributed by atoms with van der Waals surface area (Å²) < 4.78 is 0. The lowest BCUT2D eigenvalue weighted by Crippen LogP contribution is -2.23. The average Bonchev–Trinajstić information content (AvgIpc) is 2.74. The number of likely N-dealkylation sites (N-methyl/N-ethyl adjacent to an activating group) is 1. The van der Waals surface area contributed by atoms with E-state index in [4.69, 9.17) is 0 Å². The fourth-order valence-electron chi connectivity index (χ4n) is 2.45. The van der Waals surface area contributed by atoms with Gasteiger partial charge in [0.15, 0.2) is 0 Å². The molecule has 0 bridgehead atoms. The average molecular weight is 235 g/mol. The first kappa shape index (κ1) is 11.9. The van der Waals surface area contributed by atoms with Crippen LogP contribution < -0.4 is 0 Å². The van der Waals surface area contributed by atoms with E-state index in [1.165, 1.54) is 0 Å². The summed E-state index contributed by atoms with van der Waals surface area (Å²) in [6, 6.07) is 6.86. The van der Waals surface area contributed by atoms with Gasteiger partial charge in [-0.3, -0.25) is 4.79 Å². The molecule has 1 saturated heterocycles. The fraction of sp³-hybridized carbons (Fsp3) is 0.462. The summed E-state index contributed by atoms with van der Waals surface area (Å²) in [5, 5.41) is 18.5. The molecule has 1 aromatic carbocycles. The topological polar surface area (TPSA) is 60.8 Å². The van der Waals surface area contributed by atoms with Gasteiger partial charge in [0.2, 0.25) is 0 Å². The molecular weight excluding hydrogens is 218 g/mol. The second kappa shape index (κ2) is 4.75. The monoisotopic (exact) mass is 235 g/mol. The molecule has 2 atom stereocenters. The molecule has 1 aromatic rings. The molecule has 1 fully saturated rings. The number of phenolic OH excluding ortho intramolecular Hbond substituents is 1. The smallest absolute Gasteiger partial charge is 0.308 e. The molecule has 2 rings (SSSR count). The van der Waals surface area contributed by atoms with Crippen molar-refractivity contribution in [1.29, 1.82) is 0 Å². The van der Waals surface area contributed by atoms with Crippen LogP contribution in [0.1, 0.15) is 18.4 Å². The van der Waals surface area contributed by atoms with E-state index in [0.29, 0.717) is 6.54 Å². The minimum absolute atomic E-state index is 0.0213. The highest BCUT2D eigenvalue weighted by Gasteiger charge is 2.37. The van der Waals surface area contributed by atoms with Gasteiger partial charge in [0, 0.05) is 19.0 Å². The van der Waals surface area contributed by atoms with Crippen molar-refractivity contribution < 1.29 is 15.0 Å². The van der Waals surface area contributed by atoms with Crippen LogP contribution in [0.4, 0.5) is 0 Å². The summed E-state index contributed by atoms with van der Waals surface area (Å²) in [5.41, 5.74) is 0.992. The van der Waals surface area contributed by atoms with Crippen molar-refractivity contribution in [2.24, 2.45) is 5.92 Å². The number of hydrogen-bond donors (Lipinski definition) is 2. The highest BCUT2D eigenvalue weighted by Crippen LogP contribution is 2.33. The van der Waals surface area contributed by atoms with Crippen molar-refractivity contribution >= 4 is 5.97 Å². The largest absolute Gasteiger partial charge is 0.508 e. The number of phenols is 1. The maximum Gasteiger partial charge on any atom is 0.308 e. The molecule has 0 amide bonds. The van der Waals surface area contributed by atoms with Crippen molar-refractivity contribution in [3.05, 3.63) is 29.8 Å². The Bertz CT molecular complexity index is 402. The molecule has 4 heteroatoms. The first-order chi connectivity index (χ1) is 8.11. The number of aromatic hydroxyl groups is 1. The Balaban J connectivity index is 2.23. The highest BCUT2D eigenvalue weighted by atomic mass is 16.4. The molecule has 0 spiro atoms. The Labute approximate surface area is 100 Å². The lowest BCUT2D eigenvalue weighted by Gasteiger charge is -2.15. The van der Waals surface area contributed by atoms with Crippen molar-refractivity contribution in [2.75, 3.05) is 19.6 Å². The molecule has 1 heterocycles. The summed E-state index contributed by atoms with van der Waals surface area (Å²) in [4.78, 5) is 13.4. The molecule has 0 aliphatic carbocycles. The minimum atomic E-state index is -0.737. The van der Waals surface area contributed by atoms with E-state index in [1.807, 2.05) is 19.1 Å². The van der Waals surface area contributed by atoms with Crippen LogP contribution in [0.5, 0.6) is 5.75 Å². The molecule has 1 aliphatic heterocycles. The van der Waals surface area contributed by atoms with E-state index in [1.54, 1.807) is 12.1 Å². The molecule has 2 N–H and O–H groups in total. The Hall–Kier alpha value is -1.55. The Morgan fingerprint density at radius 3 is 2.53 bits per heavy atom. The molecule has 92 valence electrons. The Kier molecular flexibility index (Phi) is 3.33. The Morgan fingerprint density at radius 1 is 1.35 bits per heavy atom. The standard InChI is InChI=1S/C13H17NO3/c1-2-14-7-11(12(8-14)13(16)17)9-3-5-10(15)6-4-9/h3-6,11-12,15H,2,7-8H2,1H3,(H,16,17). The van der Waals surface area contributed by atoms with Crippen molar-refractivity contribution in [3.63, 3.8) is 0 Å². The number of aliphatic carboxylic acids is 1. The molecule has 2 unspecified atom stereocenters. The first-order valence-electron chi connectivity index (χ1n) is 5.86. The van der Waals surface area contributed by atoms with Gasteiger partial charge in [0.25, 0.3) is 0 Å². The summed E-state index contributed by atoms with van der Waals surface area (Å²) in [6.07, 6.45) is 0. The lowest BCUT2D eigenvalue weighted by molar-refractivity contribution is -0.141. The first-order valence-corrected chi connectivity index (χ1v) is 5.86. The van der Waals surface area contributed by atoms with E-state index >= 15 is 0 Å². The third-order valence-corrected chi connectivity index (χ3v) is 3.48. The zero-order valence-electron chi connectivity index (χ0n) is 9.84. The van der Waals surface area contributed by atoms with Crippen molar-refractivity contribution in [3.8, 4) is 5.75 Å². The van der Waals surface area contributed by atoms with Crippen LogP contribution in [0.2, 0.25) is 0 Å². The van der Waals surface area contributed by atoms with Crippen LogP contribution in [-0.4, -0.2) is 40.7 Å². The SMILES string of the molecule is CCN1CC(C(=O)O)C(c2ccc(O)cc2)C1. The van der Waals surface area contributed by atoms with Gasteiger partial charge in [-0.2, -0.15) is 0 Å². The maximum absolute atomic E-state index is 11.2. The van der Waals surface area contributed by atoms with Crippen molar-refractivity contribution in [1.82, 2.24) is 4.90 Å². The van der Waals surface area contributed by atoms with Gasteiger partial charge in [-0.1, -0.05) is 19.1 Å². The van der Waals surface area contributed by atoms with E-state index < -0.39 is 5.97 Å². The van der Waals surface area contributed by atoms with Crippen molar-refractivity contribution in [2.45, 2.75) is 12.8 Å². The summed E-state index contributed by atoms with van der Waals surface area (Å²) in [6.45, 7) is 4.30. The van der Waals surface area contributed by atoms with Crippen LogP contribution in [0.15, 0.2) is 24.3 Å². The van der Waals surface area contributed by atoms with E-state index in [9.17, 15) is 15.0 Å². The number of rotatable bonds is 3. The highest BCUT2D eigenvalue weighted by molar-refractivity contribution is 5.72. The van der Waals surface area contributed by atoms with Gasteiger partial charge in [-0.25, -0.2) is 0 Å².